The third-order valence-electron chi connectivity index (χ3n) is 6.94. The standard InChI is InChI=1S/C18H19FO3.C18H19FO2.CH4/c19-15-7-9-16(21-12-13-4-2-1-3-5-13)14(10-15)6-8-17-18(11-20)22-17;19-17-10-11-18(16(13-17)9-5-2-6-12-20)21-14-15-7-3-1-4-8-15;/h1-5,7,9-10,17-18,20H,6,8,11-12H2;1-4,6-8,10-11,13,20H,5,9,12,14H2;1H4/b;6-2+;. The molecular weight excluding hydrogens is 562 g/mol. The third-order valence-corrected chi connectivity index (χ3v) is 6.94. The molecule has 5 rings (SSSR count). The van der Waals surface area contributed by atoms with Gasteiger partial charge in [-0.05, 0) is 84.3 Å². The number of ether oxygens (including phenoxy) is 3. The van der Waals surface area contributed by atoms with Crippen molar-refractivity contribution in [2.24, 2.45) is 0 Å². The first-order chi connectivity index (χ1) is 21.1. The third kappa shape index (κ3) is 11.6. The second-order valence-corrected chi connectivity index (χ2v) is 10.2. The molecule has 2 N–H and O–H groups in total. The Morgan fingerprint density at radius 3 is 1.66 bits per heavy atom. The number of rotatable bonds is 14. The lowest BCUT2D eigenvalue weighted by Gasteiger charge is -2.11. The lowest BCUT2D eigenvalue weighted by molar-refractivity contribution is 0.241. The molecule has 5 nitrogen and oxygen atoms in total. The van der Waals surface area contributed by atoms with Crippen molar-refractivity contribution in [3.05, 3.63) is 143 Å². The van der Waals surface area contributed by atoms with E-state index in [1.165, 1.54) is 24.3 Å². The summed E-state index contributed by atoms with van der Waals surface area (Å²) in [6, 6.07) is 28.9. The smallest absolute Gasteiger partial charge is 0.123 e. The van der Waals surface area contributed by atoms with Gasteiger partial charge < -0.3 is 24.4 Å². The topological polar surface area (TPSA) is 71.5 Å². The van der Waals surface area contributed by atoms with Crippen molar-refractivity contribution < 1.29 is 33.2 Å². The van der Waals surface area contributed by atoms with Gasteiger partial charge in [-0.2, -0.15) is 0 Å². The van der Waals surface area contributed by atoms with E-state index in [4.69, 9.17) is 24.4 Å². The Hall–Kier alpha value is -4.04. The van der Waals surface area contributed by atoms with Crippen LogP contribution >= 0.6 is 0 Å². The van der Waals surface area contributed by atoms with Crippen LogP contribution < -0.4 is 9.47 Å². The molecule has 7 heteroatoms. The van der Waals surface area contributed by atoms with Gasteiger partial charge in [-0.1, -0.05) is 80.2 Å². The van der Waals surface area contributed by atoms with Gasteiger partial charge in [-0.25, -0.2) is 8.78 Å². The molecule has 2 unspecified atom stereocenters. The molecule has 4 aromatic rings. The molecule has 0 saturated carbocycles. The Kier molecular flexibility index (Phi) is 14.6. The summed E-state index contributed by atoms with van der Waals surface area (Å²) in [5.74, 6) is 0.879. The number of epoxide rings is 1. The predicted molar refractivity (Wildman–Crippen MR) is 170 cm³/mol. The number of hydrogen-bond acceptors (Lipinski definition) is 5. The van der Waals surface area contributed by atoms with E-state index in [2.05, 4.69) is 0 Å². The van der Waals surface area contributed by atoms with Gasteiger partial charge in [-0.3, -0.25) is 0 Å². The summed E-state index contributed by atoms with van der Waals surface area (Å²) >= 11 is 0. The van der Waals surface area contributed by atoms with E-state index >= 15 is 0 Å². The zero-order chi connectivity index (χ0) is 30.3. The van der Waals surface area contributed by atoms with Crippen molar-refractivity contribution in [1.82, 2.24) is 0 Å². The van der Waals surface area contributed by atoms with E-state index in [0.717, 1.165) is 35.1 Å². The molecular formula is C37H42F2O5. The van der Waals surface area contributed by atoms with Gasteiger partial charge in [0.2, 0.25) is 0 Å². The summed E-state index contributed by atoms with van der Waals surface area (Å²) < 4.78 is 43.8. The van der Waals surface area contributed by atoms with E-state index < -0.39 is 0 Å². The number of aliphatic hydroxyl groups is 2. The summed E-state index contributed by atoms with van der Waals surface area (Å²) in [5, 5.41) is 17.7. The molecule has 1 heterocycles. The van der Waals surface area contributed by atoms with Crippen molar-refractivity contribution in [2.45, 2.75) is 58.5 Å². The van der Waals surface area contributed by atoms with E-state index in [1.54, 1.807) is 18.2 Å². The first-order valence-corrected chi connectivity index (χ1v) is 14.5. The van der Waals surface area contributed by atoms with Crippen LogP contribution in [-0.4, -0.2) is 35.6 Å². The number of aliphatic hydroxyl groups excluding tert-OH is 2. The van der Waals surface area contributed by atoms with Crippen LogP contribution in [0, 0.1) is 11.6 Å². The molecule has 0 aromatic heterocycles. The highest BCUT2D eigenvalue weighted by Crippen LogP contribution is 2.29. The van der Waals surface area contributed by atoms with Crippen molar-refractivity contribution in [1.29, 1.82) is 0 Å². The zero-order valence-electron chi connectivity index (χ0n) is 24.1. The van der Waals surface area contributed by atoms with Crippen molar-refractivity contribution in [3.63, 3.8) is 0 Å². The summed E-state index contributed by atoms with van der Waals surface area (Å²) in [6.45, 7) is 0.996. The number of benzene rings is 4. The zero-order valence-corrected chi connectivity index (χ0v) is 24.1. The lowest BCUT2D eigenvalue weighted by atomic mass is 10.1. The molecule has 44 heavy (non-hydrogen) atoms. The fraction of sp³-hybridized carbons (Fsp3) is 0.297. The summed E-state index contributed by atoms with van der Waals surface area (Å²) in [4.78, 5) is 0. The molecule has 4 aromatic carbocycles. The van der Waals surface area contributed by atoms with Crippen LogP contribution in [0.4, 0.5) is 8.78 Å². The maximum absolute atomic E-state index is 13.5. The van der Waals surface area contributed by atoms with Gasteiger partial charge in [0.1, 0.15) is 42.5 Å². The van der Waals surface area contributed by atoms with E-state index in [9.17, 15) is 8.78 Å². The molecule has 0 amide bonds. The quantitative estimate of drug-likeness (QED) is 0.114. The molecule has 0 bridgehead atoms. The fourth-order valence-corrected chi connectivity index (χ4v) is 4.56. The number of hydrogen-bond donors (Lipinski definition) is 2. The molecule has 234 valence electrons. The van der Waals surface area contributed by atoms with E-state index in [1.807, 2.05) is 66.7 Å². The minimum atomic E-state index is -0.266. The molecule has 2 atom stereocenters. The highest BCUT2D eigenvalue weighted by atomic mass is 19.1. The van der Waals surface area contributed by atoms with E-state index in [0.29, 0.717) is 37.6 Å². The fourth-order valence-electron chi connectivity index (χ4n) is 4.56. The second-order valence-electron chi connectivity index (χ2n) is 10.2. The Morgan fingerprint density at radius 1 is 0.659 bits per heavy atom. The molecule has 1 saturated heterocycles. The average molecular weight is 605 g/mol. The molecule has 0 spiro atoms. The number of halogens is 2. The van der Waals surface area contributed by atoms with Crippen LogP contribution in [0.3, 0.4) is 0 Å². The van der Waals surface area contributed by atoms with Crippen LogP contribution in [0.25, 0.3) is 0 Å². The highest BCUT2D eigenvalue weighted by molar-refractivity contribution is 5.35. The van der Waals surface area contributed by atoms with Crippen LogP contribution in [0.2, 0.25) is 0 Å². The minimum absolute atomic E-state index is 0. The Balaban J connectivity index is 0.000000235. The molecule has 0 aliphatic carbocycles. The van der Waals surface area contributed by atoms with Gasteiger partial charge in [0.25, 0.3) is 0 Å². The number of aryl methyl sites for hydroxylation is 2. The van der Waals surface area contributed by atoms with Gasteiger partial charge >= 0.3 is 0 Å². The van der Waals surface area contributed by atoms with Crippen LogP contribution in [-0.2, 0) is 30.8 Å². The molecule has 1 fully saturated rings. The summed E-state index contributed by atoms with van der Waals surface area (Å²) in [6.07, 6.45) is 6.44. The average Bonchev–Trinajstić information content (AvgIpc) is 3.81. The summed E-state index contributed by atoms with van der Waals surface area (Å²) in [5.41, 5.74) is 3.83. The first-order valence-electron chi connectivity index (χ1n) is 14.5. The SMILES string of the molecule is C.OC/C=C/CCc1cc(F)ccc1OCc1ccccc1.OCC1OC1CCc1cc(F)ccc1OCc1ccccc1. The normalized spacial score (nSPS) is 15.2. The van der Waals surface area contributed by atoms with Gasteiger partial charge in [-0.15, -0.1) is 0 Å². The minimum Gasteiger partial charge on any atom is -0.489 e. The Labute approximate surface area is 259 Å². The monoisotopic (exact) mass is 604 g/mol. The largest absolute Gasteiger partial charge is 0.489 e. The Morgan fingerprint density at radius 2 is 1.18 bits per heavy atom. The highest BCUT2D eigenvalue weighted by Gasteiger charge is 2.37. The lowest BCUT2D eigenvalue weighted by Crippen LogP contribution is -2.03. The van der Waals surface area contributed by atoms with Crippen LogP contribution in [0.5, 0.6) is 11.5 Å². The van der Waals surface area contributed by atoms with E-state index in [-0.39, 0.29) is 44.5 Å². The molecule has 0 radical (unpaired) electrons. The second kappa shape index (κ2) is 18.6. The van der Waals surface area contributed by atoms with Crippen LogP contribution in [0.1, 0.15) is 42.5 Å². The van der Waals surface area contributed by atoms with Gasteiger partial charge in [0, 0.05) is 0 Å². The Bertz CT molecular complexity index is 1410. The molecule has 1 aliphatic heterocycles. The van der Waals surface area contributed by atoms with Gasteiger partial charge in [0.15, 0.2) is 0 Å². The first kappa shape index (κ1) is 34.5. The van der Waals surface area contributed by atoms with Crippen molar-refractivity contribution in [3.8, 4) is 11.5 Å². The maximum Gasteiger partial charge on any atom is 0.123 e. The van der Waals surface area contributed by atoms with Crippen molar-refractivity contribution in [2.75, 3.05) is 13.2 Å². The number of allylic oxidation sites excluding steroid dienone is 1. The molecule has 1 aliphatic rings. The predicted octanol–water partition coefficient (Wildman–Crippen LogP) is 7.62. The van der Waals surface area contributed by atoms with Crippen molar-refractivity contribution >= 4 is 0 Å². The summed E-state index contributed by atoms with van der Waals surface area (Å²) in [7, 11) is 0. The van der Waals surface area contributed by atoms with Crippen LogP contribution in [0.15, 0.2) is 109 Å². The maximum atomic E-state index is 13.5. The van der Waals surface area contributed by atoms with Gasteiger partial charge in [0.05, 0.1) is 19.3 Å².